The summed E-state index contributed by atoms with van der Waals surface area (Å²) in [6, 6.07) is 0. The standard InChI is InChI=1S/C45H76O6/c1-3-5-7-8-9-10-11-12-13-14-15-16-20-23-26-29-33-37-44(47)49-39-41(46)40-50-45(48)38-34-30-27-24-21-18-17-19-22-25-28-32-36-43-42(51-43)35-31-6-4-2/h6,18-19,21-22,27-28,30-32,41-43,46H,3-5,7-17,20,23-26,29,33-40H2,1-2H3/b21-18-,22-19-,30-27-,31-6-,32-28-/t41-,42?,43?/m1/s1. The highest BCUT2D eigenvalue weighted by Crippen LogP contribution is 2.29. The number of carbonyl (C=O) groups excluding carboxylic acids is 2. The van der Waals surface area contributed by atoms with Crippen LogP contribution in [0.4, 0.5) is 0 Å². The predicted octanol–water partition coefficient (Wildman–Crippen LogP) is 12.2. The van der Waals surface area contributed by atoms with Crippen LogP contribution in [0, 0.1) is 0 Å². The van der Waals surface area contributed by atoms with Crippen LogP contribution in [0.5, 0.6) is 0 Å². The molecule has 1 heterocycles. The first kappa shape index (κ1) is 46.6. The first-order chi connectivity index (χ1) is 25.1. The fraction of sp³-hybridized carbons (Fsp3) is 0.733. The van der Waals surface area contributed by atoms with Gasteiger partial charge < -0.3 is 19.3 Å². The number of allylic oxidation sites excluding steroid dienone is 8. The Morgan fingerprint density at radius 1 is 0.529 bits per heavy atom. The lowest BCUT2D eigenvalue weighted by Crippen LogP contribution is -2.25. The molecule has 1 aliphatic heterocycles. The van der Waals surface area contributed by atoms with Crippen LogP contribution in [-0.4, -0.2) is 48.6 Å². The first-order valence-corrected chi connectivity index (χ1v) is 21.0. The number of ether oxygens (including phenoxy) is 3. The number of unbranched alkanes of at least 4 members (excludes halogenated alkanes) is 16. The zero-order valence-electron chi connectivity index (χ0n) is 32.8. The Morgan fingerprint density at radius 3 is 1.39 bits per heavy atom. The molecule has 0 aliphatic carbocycles. The van der Waals surface area contributed by atoms with Crippen molar-refractivity contribution in [2.24, 2.45) is 0 Å². The minimum absolute atomic E-state index is 0.142. The number of aliphatic hydroxyl groups excluding tert-OH is 1. The Morgan fingerprint density at radius 2 is 0.922 bits per heavy atom. The van der Waals surface area contributed by atoms with Crippen LogP contribution in [-0.2, 0) is 23.8 Å². The summed E-state index contributed by atoms with van der Waals surface area (Å²) in [5.41, 5.74) is 0. The van der Waals surface area contributed by atoms with Crippen molar-refractivity contribution in [1.29, 1.82) is 0 Å². The van der Waals surface area contributed by atoms with E-state index in [-0.39, 0.29) is 31.6 Å². The minimum Gasteiger partial charge on any atom is -0.463 e. The van der Waals surface area contributed by atoms with Gasteiger partial charge in [0.15, 0.2) is 0 Å². The first-order valence-electron chi connectivity index (χ1n) is 21.0. The van der Waals surface area contributed by atoms with E-state index in [0.717, 1.165) is 57.8 Å². The van der Waals surface area contributed by atoms with Crippen molar-refractivity contribution < 1.29 is 28.9 Å². The van der Waals surface area contributed by atoms with Crippen LogP contribution in [0.15, 0.2) is 60.8 Å². The average molecular weight is 713 g/mol. The molecule has 0 amide bonds. The van der Waals surface area contributed by atoms with Gasteiger partial charge in [0.1, 0.15) is 19.3 Å². The minimum atomic E-state index is -0.998. The maximum atomic E-state index is 12.0. The Kier molecular flexibility index (Phi) is 32.8. The molecule has 6 heteroatoms. The largest absolute Gasteiger partial charge is 0.463 e. The number of aliphatic hydroxyl groups is 1. The Hall–Kier alpha value is -2.44. The highest BCUT2D eigenvalue weighted by atomic mass is 16.6. The van der Waals surface area contributed by atoms with Crippen molar-refractivity contribution in [2.45, 2.75) is 199 Å². The lowest BCUT2D eigenvalue weighted by molar-refractivity contribution is -0.152. The fourth-order valence-corrected chi connectivity index (χ4v) is 5.92. The van der Waals surface area contributed by atoms with E-state index in [1.165, 1.54) is 89.9 Å². The van der Waals surface area contributed by atoms with Gasteiger partial charge in [-0.1, -0.05) is 177 Å². The van der Waals surface area contributed by atoms with Gasteiger partial charge >= 0.3 is 11.9 Å². The molecule has 0 saturated carbocycles. The second-order valence-electron chi connectivity index (χ2n) is 14.1. The molecule has 1 rings (SSSR count). The lowest BCUT2D eigenvalue weighted by Gasteiger charge is -2.12. The van der Waals surface area contributed by atoms with Crippen molar-refractivity contribution in [3.63, 3.8) is 0 Å². The molecule has 292 valence electrons. The number of epoxide rings is 1. The monoisotopic (exact) mass is 713 g/mol. The molecule has 1 fully saturated rings. The summed E-state index contributed by atoms with van der Waals surface area (Å²) in [5, 5.41) is 10.0. The summed E-state index contributed by atoms with van der Waals surface area (Å²) < 4.78 is 16.0. The van der Waals surface area contributed by atoms with Gasteiger partial charge in [0.05, 0.1) is 12.2 Å². The van der Waals surface area contributed by atoms with Gasteiger partial charge in [0.25, 0.3) is 0 Å². The van der Waals surface area contributed by atoms with E-state index in [2.05, 4.69) is 62.5 Å². The summed E-state index contributed by atoms with van der Waals surface area (Å²) in [4.78, 5) is 23.9. The van der Waals surface area contributed by atoms with Crippen LogP contribution in [0.3, 0.4) is 0 Å². The molecular weight excluding hydrogens is 636 g/mol. The maximum absolute atomic E-state index is 12.0. The second-order valence-corrected chi connectivity index (χ2v) is 14.1. The number of hydrogen-bond acceptors (Lipinski definition) is 6. The number of hydrogen-bond donors (Lipinski definition) is 1. The van der Waals surface area contributed by atoms with Crippen LogP contribution < -0.4 is 0 Å². The number of esters is 2. The smallest absolute Gasteiger partial charge is 0.306 e. The summed E-state index contributed by atoms with van der Waals surface area (Å²) >= 11 is 0. The third kappa shape index (κ3) is 33.2. The van der Waals surface area contributed by atoms with Crippen molar-refractivity contribution in [3.8, 4) is 0 Å². The molecule has 0 bridgehead atoms. The quantitative estimate of drug-likeness (QED) is 0.0301. The van der Waals surface area contributed by atoms with E-state index in [1.807, 2.05) is 12.2 Å². The molecule has 1 aliphatic rings. The van der Waals surface area contributed by atoms with E-state index in [1.54, 1.807) is 0 Å². The molecule has 0 aromatic carbocycles. The molecule has 2 unspecified atom stereocenters. The zero-order chi connectivity index (χ0) is 36.9. The van der Waals surface area contributed by atoms with Crippen molar-refractivity contribution >= 4 is 11.9 Å². The van der Waals surface area contributed by atoms with Crippen LogP contribution in [0.2, 0.25) is 0 Å². The van der Waals surface area contributed by atoms with Crippen molar-refractivity contribution in [3.05, 3.63) is 60.8 Å². The second kappa shape index (κ2) is 35.9. The zero-order valence-corrected chi connectivity index (χ0v) is 32.8. The van der Waals surface area contributed by atoms with Gasteiger partial charge in [-0.05, 0) is 51.4 Å². The topological polar surface area (TPSA) is 85.4 Å². The van der Waals surface area contributed by atoms with E-state index < -0.39 is 6.10 Å². The van der Waals surface area contributed by atoms with Crippen molar-refractivity contribution in [2.75, 3.05) is 13.2 Å². The van der Waals surface area contributed by atoms with E-state index in [9.17, 15) is 14.7 Å². The van der Waals surface area contributed by atoms with Gasteiger partial charge in [-0.2, -0.15) is 0 Å². The molecule has 6 nitrogen and oxygen atoms in total. The molecule has 0 spiro atoms. The molecule has 1 N–H and O–H groups in total. The molecular formula is C45H76O6. The highest BCUT2D eigenvalue weighted by molar-refractivity contribution is 5.70. The van der Waals surface area contributed by atoms with E-state index in [4.69, 9.17) is 14.2 Å². The predicted molar refractivity (Wildman–Crippen MR) is 214 cm³/mol. The van der Waals surface area contributed by atoms with Crippen molar-refractivity contribution in [1.82, 2.24) is 0 Å². The highest BCUT2D eigenvalue weighted by Gasteiger charge is 2.35. The summed E-state index contributed by atoms with van der Waals surface area (Å²) in [6.45, 7) is 4.12. The third-order valence-electron chi connectivity index (χ3n) is 9.18. The summed E-state index contributed by atoms with van der Waals surface area (Å²) in [6.07, 6.45) is 50.4. The summed E-state index contributed by atoms with van der Waals surface area (Å²) in [5.74, 6) is -0.662. The number of carbonyl (C=O) groups is 2. The molecule has 0 radical (unpaired) electrons. The number of rotatable bonds is 36. The van der Waals surface area contributed by atoms with Crippen LogP contribution in [0.25, 0.3) is 0 Å². The van der Waals surface area contributed by atoms with Gasteiger partial charge in [0, 0.05) is 12.8 Å². The van der Waals surface area contributed by atoms with Crippen LogP contribution >= 0.6 is 0 Å². The SMILES string of the molecule is CC/C=C\CC1OC1C/C=C\C/C=C\C/C=C\C/C=C\CCC(=O)OC[C@H](O)COC(=O)CCCCCCCCCCCCCCCCCCC. The average Bonchev–Trinajstić information content (AvgIpc) is 3.89. The van der Waals surface area contributed by atoms with Gasteiger partial charge in [-0.15, -0.1) is 0 Å². The summed E-state index contributed by atoms with van der Waals surface area (Å²) in [7, 11) is 0. The van der Waals surface area contributed by atoms with Gasteiger partial charge in [-0.25, -0.2) is 0 Å². The molecule has 3 atom stereocenters. The fourth-order valence-electron chi connectivity index (χ4n) is 5.92. The molecule has 0 aromatic rings. The molecule has 0 aromatic heterocycles. The maximum Gasteiger partial charge on any atom is 0.306 e. The normalized spacial score (nSPS) is 16.8. The molecule has 1 saturated heterocycles. The van der Waals surface area contributed by atoms with Gasteiger partial charge in [-0.3, -0.25) is 9.59 Å². The Labute approximate surface area is 313 Å². The third-order valence-corrected chi connectivity index (χ3v) is 9.18. The van der Waals surface area contributed by atoms with Crippen LogP contribution in [0.1, 0.15) is 181 Å². The molecule has 51 heavy (non-hydrogen) atoms. The van der Waals surface area contributed by atoms with Gasteiger partial charge in [0.2, 0.25) is 0 Å². The van der Waals surface area contributed by atoms with E-state index >= 15 is 0 Å². The van der Waals surface area contributed by atoms with E-state index in [0.29, 0.717) is 25.0 Å². The Balaban J connectivity index is 1.85. The lowest BCUT2D eigenvalue weighted by atomic mass is 10.0. The Bertz CT molecular complexity index is 964.